The van der Waals surface area contributed by atoms with E-state index in [9.17, 15) is 4.79 Å². The minimum absolute atomic E-state index is 0.0537. The number of carbonyl (C=O) groups excluding carboxylic acids is 1. The van der Waals surface area contributed by atoms with E-state index in [-0.39, 0.29) is 11.9 Å². The molecule has 1 aromatic carbocycles. The van der Waals surface area contributed by atoms with E-state index in [4.69, 9.17) is 5.73 Å². The number of nitrogen functional groups attached to an aromatic ring is 1. The number of hydrogen-bond acceptors (Lipinski definition) is 3. The van der Waals surface area contributed by atoms with Gasteiger partial charge in [-0.2, -0.15) is 0 Å². The van der Waals surface area contributed by atoms with Crippen LogP contribution >= 0.6 is 0 Å². The molecule has 1 aliphatic heterocycles. The van der Waals surface area contributed by atoms with Crippen LogP contribution in [-0.4, -0.2) is 37.0 Å². The number of hydrogen-bond donors (Lipinski definition) is 2. The van der Waals surface area contributed by atoms with Crippen LogP contribution in [0.1, 0.15) is 28.8 Å². The number of aryl methyl sites for hydroxylation is 1. The van der Waals surface area contributed by atoms with Gasteiger partial charge in [0.2, 0.25) is 0 Å². The first-order chi connectivity index (χ1) is 8.56. The van der Waals surface area contributed by atoms with Crippen molar-refractivity contribution in [3.05, 3.63) is 29.3 Å². The van der Waals surface area contributed by atoms with Crippen LogP contribution in [0.2, 0.25) is 0 Å². The molecule has 1 aliphatic rings. The standard InChI is InChI=1S/C14H21N3O/c1-10-3-4-12(13(15)9-10)14(18)16-11-5-7-17(2)8-6-11/h3-4,9,11H,5-8,15H2,1-2H3,(H,16,18). The lowest BCUT2D eigenvalue weighted by Crippen LogP contribution is -2.43. The molecule has 1 saturated heterocycles. The van der Waals surface area contributed by atoms with Crippen molar-refractivity contribution in [3.8, 4) is 0 Å². The number of benzene rings is 1. The fourth-order valence-electron chi connectivity index (χ4n) is 2.31. The van der Waals surface area contributed by atoms with Gasteiger partial charge in [0.25, 0.3) is 5.91 Å². The van der Waals surface area contributed by atoms with Crippen molar-refractivity contribution < 1.29 is 4.79 Å². The molecule has 1 amide bonds. The van der Waals surface area contributed by atoms with Crippen LogP contribution < -0.4 is 11.1 Å². The summed E-state index contributed by atoms with van der Waals surface area (Å²) in [5.41, 5.74) is 8.09. The summed E-state index contributed by atoms with van der Waals surface area (Å²) in [6, 6.07) is 5.83. The molecule has 2 rings (SSSR count). The summed E-state index contributed by atoms with van der Waals surface area (Å²) in [4.78, 5) is 14.4. The van der Waals surface area contributed by atoms with Crippen molar-refractivity contribution >= 4 is 11.6 Å². The van der Waals surface area contributed by atoms with E-state index < -0.39 is 0 Å². The highest BCUT2D eigenvalue weighted by Gasteiger charge is 2.19. The van der Waals surface area contributed by atoms with Crippen molar-refractivity contribution in [2.75, 3.05) is 25.9 Å². The van der Waals surface area contributed by atoms with Crippen molar-refractivity contribution in [2.24, 2.45) is 0 Å². The molecule has 1 heterocycles. The summed E-state index contributed by atoms with van der Waals surface area (Å²) in [5, 5.41) is 3.07. The van der Waals surface area contributed by atoms with Crippen LogP contribution in [-0.2, 0) is 0 Å². The molecule has 0 saturated carbocycles. The molecule has 0 aromatic heterocycles. The third-order valence-corrected chi connectivity index (χ3v) is 3.51. The number of carbonyl (C=O) groups is 1. The Morgan fingerprint density at radius 2 is 2.06 bits per heavy atom. The SMILES string of the molecule is Cc1ccc(C(=O)NC2CCN(C)CC2)c(N)c1. The smallest absolute Gasteiger partial charge is 0.253 e. The van der Waals surface area contributed by atoms with Gasteiger partial charge in [0.15, 0.2) is 0 Å². The van der Waals surface area contributed by atoms with E-state index in [1.165, 1.54) is 0 Å². The maximum atomic E-state index is 12.1. The van der Waals surface area contributed by atoms with E-state index in [0.717, 1.165) is 31.5 Å². The van der Waals surface area contributed by atoms with Gasteiger partial charge in [-0.15, -0.1) is 0 Å². The molecule has 0 bridgehead atoms. The lowest BCUT2D eigenvalue weighted by Gasteiger charge is -2.29. The molecule has 0 unspecified atom stereocenters. The van der Waals surface area contributed by atoms with E-state index in [0.29, 0.717) is 11.3 Å². The molecule has 1 aromatic rings. The maximum absolute atomic E-state index is 12.1. The van der Waals surface area contributed by atoms with Gasteiger partial charge in [0.05, 0.1) is 5.56 Å². The highest BCUT2D eigenvalue weighted by Crippen LogP contribution is 2.15. The highest BCUT2D eigenvalue weighted by atomic mass is 16.1. The molecule has 1 fully saturated rings. The van der Waals surface area contributed by atoms with E-state index in [1.807, 2.05) is 19.1 Å². The van der Waals surface area contributed by atoms with Crippen LogP contribution in [0, 0.1) is 6.92 Å². The number of nitrogens with two attached hydrogens (primary N) is 1. The maximum Gasteiger partial charge on any atom is 0.253 e. The number of nitrogens with zero attached hydrogens (tertiary/aromatic N) is 1. The van der Waals surface area contributed by atoms with Gasteiger partial charge in [0.1, 0.15) is 0 Å². The van der Waals surface area contributed by atoms with Gasteiger partial charge in [-0.25, -0.2) is 0 Å². The van der Waals surface area contributed by atoms with Crippen LogP contribution in [0.5, 0.6) is 0 Å². The third kappa shape index (κ3) is 3.01. The first kappa shape index (κ1) is 12.9. The molecule has 4 heteroatoms. The highest BCUT2D eigenvalue weighted by molar-refractivity contribution is 5.99. The molecule has 0 aliphatic carbocycles. The lowest BCUT2D eigenvalue weighted by molar-refractivity contribution is 0.0918. The normalized spacial score (nSPS) is 17.7. The monoisotopic (exact) mass is 247 g/mol. The Kier molecular flexibility index (Phi) is 3.87. The lowest BCUT2D eigenvalue weighted by atomic mass is 10.0. The molecule has 4 nitrogen and oxygen atoms in total. The number of amides is 1. The van der Waals surface area contributed by atoms with Gasteiger partial charge in [0, 0.05) is 11.7 Å². The van der Waals surface area contributed by atoms with E-state index >= 15 is 0 Å². The minimum Gasteiger partial charge on any atom is -0.398 e. The topological polar surface area (TPSA) is 58.4 Å². The van der Waals surface area contributed by atoms with E-state index in [2.05, 4.69) is 17.3 Å². The molecule has 0 radical (unpaired) electrons. The molecule has 0 atom stereocenters. The Labute approximate surface area is 108 Å². The average Bonchev–Trinajstić information content (AvgIpc) is 2.32. The average molecular weight is 247 g/mol. The van der Waals surface area contributed by atoms with Gasteiger partial charge >= 0.3 is 0 Å². The molecule has 3 N–H and O–H groups in total. The van der Waals surface area contributed by atoms with Crippen molar-refractivity contribution in [3.63, 3.8) is 0 Å². The Hall–Kier alpha value is -1.55. The van der Waals surface area contributed by atoms with Gasteiger partial charge in [-0.05, 0) is 57.6 Å². The summed E-state index contributed by atoms with van der Waals surface area (Å²) in [7, 11) is 2.11. The number of rotatable bonds is 2. The van der Waals surface area contributed by atoms with Gasteiger partial charge in [-0.1, -0.05) is 6.07 Å². The summed E-state index contributed by atoms with van der Waals surface area (Å²) in [6.45, 7) is 4.04. The molecule has 0 spiro atoms. The Bertz CT molecular complexity index is 437. The summed E-state index contributed by atoms with van der Waals surface area (Å²) in [5.74, 6) is -0.0537. The quantitative estimate of drug-likeness (QED) is 0.777. The predicted molar refractivity (Wildman–Crippen MR) is 73.6 cm³/mol. The van der Waals surface area contributed by atoms with E-state index in [1.54, 1.807) is 6.07 Å². The second-order valence-electron chi connectivity index (χ2n) is 5.14. The zero-order valence-electron chi connectivity index (χ0n) is 11.1. The van der Waals surface area contributed by atoms with Crippen LogP contribution in [0.25, 0.3) is 0 Å². The van der Waals surface area contributed by atoms with Crippen molar-refractivity contribution in [1.29, 1.82) is 0 Å². The molecular weight excluding hydrogens is 226 g/mol. The van der Waals surface area contributed by atoms with Crippen molar-refractivity contribution in [2.45, 2.75) is 25.8 Å². The molecular formula is C14H21N3O. The number of likely N-dealkylation sites (tertiary alicyclic amines) is 1. The zero-order valence-corrected chi connectivity index (χ0v) is 11.1. The molecule has 18 heavy (non-hydrogen) atoms. The molecule has 98 valence electrons. The minimum atomic E-state index is -0.0537. The van der Waals surface area contributed by atoms with Crippen LogP contribution in [0.3, 0.4) is 0 Å². The van der Waals surface area contributed by atoms with Crippen LogP contribution in [0.15, 0.2) is 18.2 Å². The van der Waals surface area contributed by atoms with Gasteiger partial charge in [-0.3, -0.25) is 4.79 Å². The first-order valence-corrected chi connectivity index (χ1v) is 6.42. The van der Waals surface area contributed by atoms with Crippen LogP contribution in [0.4, 0.5) is 5.69 Å². The summed E-state index contributed by atoms with van der Waals surface area (Å²) >= 11 is 0. The fraction of sp³-hybridized carbons (Fsp3) is 0.500. The second-order valence-corrected chi connectivity index (χ2v) is 5.14. The summed E-state index contributed by atoms with van der Waals surface area (Å²) < 4.78 is 0. The number of piperidine rings is 1. The van der Waals surface area contributed by atoms with Gasteiger partial charge < -0.3 is 16.0 Å². The predicted octanol–water partition coefficient (Wildman–Crippen LogP) is 1.40. The number of nitrogens with one attached hydrogen (secondary N) is 1. The largest absolute Gasteiger partial charge is 0.398 e. The fourth-order valence-corrected chi connectivity index (χ4v) is 2.31. The Morgan fingerprint density at radius 1 is 1.39 bits per heavy atom. The third-order valence-electron chi connectivity index (χ3n) is 3.51. The van der Waals surface area contributed by atoms with Crippen molar-refractivity contribution in [1.82, 2.24) is 10.2 Å². The zero-order chi connectivity index (χ0) is 13.1. The number of anilines is 1. The summed E-state index contributed by atoms with van der Waals surface area (Å²) in [6.07, 6.45) is 2.02. The first-order valence-electron chi connectivity index (χ1n) is 6.42. The second kappa shape index (κ2) is 5.40. The Morgan fingerprint density at radius 3 is 2.67 bits per heavy atom. The Balaban J connectivity index is 1.99.